The second-order valence-corrected chi connectivity index (χ2v) is 8.34. The Kier molecular flexibility index (Phi) is 9.21. The summed E-state index contributed by atoms with van der Waals surface area (Å²) in [6.45, 7) is 14.0. The largest absolute Gasteiger partial charge is 0.491 e. The Morgan fingerprint density at radius 1 is 1.06 bits per heavy atom. The lowest BCUT2D eigenvalue weighted by Crippen LogP contribution is -2.49. The maximum Gasteiger partial charge on any atom is 0.130 e. The number of nitrogens with zero attached hydrogens (tertiary/aromatic N) is 4. The van der Waals surface area contributed by atoms with Crippen molar-refractivity contribution in [2.45, 2.75) is 39.8 Å². The Balaban J connectivity index is 1.36. The fraction of sp³-hybridized carbons (Fsp3) is 0.583. The molecular formula is C24H37N5O2. The third-order valence-electron chi connectivity index (χ3n) is 5.61. The SMILES string of the molecule is CCN1CCN(C[C@H](O)COc2cccc(CNCCc3nc(C)cc(C)n3)c2)CC1. The number of hydrogen-bond donors (Lipinski definition) is 2. The normalized spacial score (nSPS) is 16.4. The van der Waals surface area contributed by atoms with Gasteiger partial charge in [0, 0.05) is 63.6 Å². The molecule has 0 amide bonds. The Labute approximate surface area is 186 Å². The summed E-state index contributed by atoms with van der Waals surface area (Å²) in [5, 5.41) is 13.8. The number of nitrogens with one attached hydrogen (secondary N) is 1. The molecule has 1 saturated heterocycles. The van der Waals surface area contributed by atoms with Crippen LogP contribution in [0, 0.1) is 13.8 Å². The summed E-state index contributed by atoms with van der Waals surface area (Å²) >= 11 is 0. The van der Waals surface area contributed by atoms with Crippen molar-refractivity contribution < 1.29 is 9.84 Å². The van der Waals surface area contributed by atoms with Gasteiger partial charge in [0.05, 0.1) is 0 Å². The smallest absolute Gasteiger partial charge is 0.130 e. The summed E-state index contributed by atoms with van der Waals surface area (Å²) in [4.78, 5) is 13.7. The first-order chi connectivity index (χ1) is 15.0. The van der Waals surface area contributed by atoms with Crippen LogP contribution in [0.3, 0.4) is 0 Å². The molecule has 7 nitrogen and oxygen atoms in total. The molecule has 0 spiro atoms. The average Bonchev–Trinajstić information content (AvgIpc) is 2.75. The van der Waals surface area contributed by atoms with Crippen molar-refractivity contribution >= 4 is 0 Å². The van der Waals surface area contributed by atoms with Gasteiger partial charge in [-0.2, -0.15) is 0 Å². The van der Waals surface area contributed by atoms with E-state index in [1.807, 2.05) is 38.1 Å². The molecule has 0 unspecified atom stereocenters. The van der Waals surface area contributed by atoms with Crippen molar-refractivity contribution in [3.8, 4) is 5.75 Å². The first-order valence-corrected chi connectivity index (χ1v) is 11.4. The van der Waals surface area contributed by atoms with Crippen molar-refractivity contribution in [2.24, 2.45) is 0 Å². The Bertz CT molecular complexity index is 788. The molecule has 170 valence electrons. The maximum absolute atomic E-state index is 10.4. The summed E-state index contributed by atoms with van der Waals surface area (Å²) in [6.07, 6.45) is 0.324. The van der Waals surface area contributed by atoms with Gasteiger partial charge < -0.3 is 20.1 Å². The number of likely N-dealkylation sites (N-methyl/N-ethyl adjacent to an activating group) is 1. The van der Waals surface area contributed by atoms with Gasteiger partial charge in [0.15, 0.2) is 0 Å². The van der Waals surface area contributed by atoms with E-state index in [-0.39, 0.29) is 0 Å². The van der Waals surface area contributed by atoms with Gasteiger partial charge in [0.2, 0.25) is 0 Å². The first-order valence-electron chi connectivity index (χ1n) is 11.4. The molecule has 1 aromatic carbocycles. The van der Waals surface area contributed by atoms with Crippen LogP contribution in [0.1, 0.15) is 29.7 Å². The Hall–Kier alpha value is -2.06. The van der Waals surface area contributed by atoms with Crippen LogP contribution in [0.25, 0.3) is 0 Å². The van der Waals surface area contributed by atoms with E-state index in [9.17, 15) is 5.11 Å². The van der Waals surface area contributed by atoms with Crippen LogP contribution in [0.2, 0.25) is 0 Å². The minimum Gasteiger partial charge on any atom is -0.491 e. The highest BCUT2D eigenvalue weighted by Crippen LogP contribution is 2.14. The molecule has 3 rings (SSSR count). The third-order valence-corrected chi connectivity index (χ3v) is 5.61. The zero-order valence-corrected chi connectivity index (χ0v) is 19.2. The highest BCUT2D eigenvalue weighted by atomic mass is 16.5. The monoisotopic (exact) mass is 427 g/mol. The molecule has 0 saturated carbocycles. The summed E-state index contributed by atoms with van der Waals surface area (Å²) in [6, 6.07) is 10.0. The predicted molar refractivity (Wildman–Crippen MR) is 123 cm³/mol. The standard InChI is InChI=1S/C24H37N5O2/c1-4-28-10-12-29(13-11-28)17-22(30)18-31-23-7-5-6-21(15-23)16-25-9-8-24-26-19(2)14-20(3)27-24/h5-7,14-15,22,25,30H,4,8-13,16-18H2,1-3H3/t22-/m0/s1. The topological polar surface area (TPSA) is 73.8 Å². The number of ether oxygens (including phenoxy) is 1. The lowest BCUT2D eigenvalue weighted by atomic mass is 10.2. The molecule has 2 N–H and O–H groups in total. The number of aryl methyl sites for hydroxylation is 2. The van der Waals surface area contributed by atoms with E-state index in [1.54, 1.807) is 0 Å². The van der Waals surface area contributed by atoms with E-state index in [1.165, 1.54) is 0 Å². The molecule has 1 fully saturated rings. The first kappa shape index (κ1) is 23.6. The van der Waals surface area contributed by atoms with Crippen molar-refractivity contribution in [3.63, 3.8) is 0 Å². The Morgan fingerprint density at radius 3 is 2.48 bits per heavy atom. The molecule has 1 aliphatic rings. The zero-order chi connectivity index (χ0) is 22.1. The molecule has 0 aliphatic carbocycles. The summed E-state index contributed by atoms with van der Waals surface area (Å²) in [5.41, 5.74) is 3.18. The molecule has 1 aliphatic heterocycles. The number of β-amino-alcohol motifs (C(OH)–C–C–N with tert-alkyl or cyclic N) is 1. The van der Waals surface area contributed by atoms with Crippen molar-refractivity contribution in [3.05, 3.63) is 53.1 Å². The minimum absolute atomic E-state index is 0.314. The van der Waals surface area contributed by atoms with Crippen molar-refractivity contribution in [2.75, 3.05) is 52.4 Å². The van der Waals surface area contributed by atoms with Crippen LogP contribution in [0.5, 0.6) is 5.75 Å². The van der Waals surface area contributed by atoms with Crippen LogP contribution >= 0.6 is 0 Å². The summed E-state index contributed by atoms with van der Waals surface area (Å²) in [5.74, 6) is 1.68. The van der Waals surface area contributed by atoms with Crippen molar-refractivity contribution in [1.82, 2.24) is 25.1 Å². The van der Waals surface area contributed by atoms with Gasteiger partial charge in [-0.3, -0.25) is 4.90 Å². The molecule has 2 heterocycles. The lowest BCUT2D eigenvalue weighted by Gasteiger charge is -2.34. The van der Waals surface area contributed by atoms with Gasteiger partial charge in [-0.05, 0) is 44.2 Å². The second kappa shape index (κ2) is 12.1. The molecule has 1 aromatic heterocycles. The predicted octanol–water partition coefficient (Wildman–Crippen LogP) is 1.80. The molecule has 7 heteroatoms. The minimum atomic E-state index is -0.479. The maximum atomic E-state index is 10.4. The molecular weight excluding hydrogens is 390 g/mol. The highest BCUT2D eigenvalue weighted by Gasteiger charge is 2.18. The van der Waals surface area contributed by atoms with E-state index in [2.05, 4.69) is 38.1 Å². The van der Waals surface area contributed by atoms with E-state index in [0.717, 1.165) is 80.8 Å². The number of piperazine rings is 1. The number of rotatable bonds is 11. The lowest BCUT2D eigenvalue weighted by molar-refractivity contribution is 0.0471. The van der Waals surface area contributed by atoms with E-state index < -0.39 is 6.10 Å². The van der Waals surface area contributed by atoms with Crippen LogP contribution in [0.4, 0.5) is 0 Å². The van der Waals surface area contributed by atoms with Gasteiger partial charge in [-0.15, -0.1) is 0 Å². The average molecular weight is 428 g/mol. The highest BCUT2D eigenvalue weighted by molar-refractivity contribution is 5.28. The number of aliphatic hydroxyl groups is 1. The molecule has 0 bridgehead atoms. The van der Waals surface area contributed by atoms with Crippen LogP contribution in [-0.4, -0.2) is 83.4 Å². The number of hydrogen-bond acceptors (Lipinski definition) is 7. The van der Waals surface area contributed by atoms with Crippen LogP contribution < -0.4 is 10.1 Å². The number of benzene rings is 1. The van der Waals surface area contributed by atoms with Crippen LogP contribution in [0.15, 0.2) is 30.3 Å². The van der Waals surface area contributed by atoms with Gasteiger partial charge in [-0.25, -0.2) is 9.97 Å². The summed E-state index contributed by atoms with van der Waals surface area (Å²) in [7, 11) is 0. The van der Waals surface area contributed by atoms with E-state index >= 15 is 0 Å². The van der Waals surface area contributed by atoms with E-state index in [0.29, 0.717) is 13.2 Å². The fourth-order valence-electron chi connectivity index (χ4n) is 3.92. The van der Waals surface area contributed by atoms with Gasteiger partial charge >= 0.3 is 0 Å². The van der Waals surface area contributed by atoms with Gasteiger partial charge in [0.1, 0.15) is 24.3 Å². The van der Waals surface area contributed by atoms with Crippen LogP contribution in [-0.2, 0) is 13.0 Å². The zero-order valence-electron chi connectivity index (χ0n) is 19.2. The fourth-order valence-corrected chi connectivity index (χ4v) is 3.92. The molecule has 31 heavy (non-hydrogen) atoms. The molecule has 0 radical (unpaired) electrons. The number of aromatic nitrogens is 2. The quantitative estimate of drug-likeness (QED) is 0.530. The summed E-state index contributed by atoms with van der Waals surface area (Å²) < 4.78 is 5.86. The van der Waals surface area contributed by atoms with E-state index in [4.69, 9.17) is 4.74 Å². The third kappa shape index (κ3) is 8.18. The number of aliphatic hydroxyl groups excluding tert-OH is 1. The van der Waals surface area contributed by atoms with Gasteiger partial charge in [0.25, 0.3) is 0 Å². The second-order valence-electron chi connectivity index (χ2n) is 8.34. The molecule has 1 atom stereocenters. The molecule has 2 aromatic rings. The van der Waals surface area contributed by atoms with Crippen molar-refractivity contribution in [1.29, 1.82) is 0 Å². The van der Waals surface area contributed by atoms with Gasteiger partial charge in [-0.1, -0.05) is 19.1 Å². The Morgan fingerprint density at radius 2 is 1.77 bits per heavy atom.